The number of aromatic nitrogens is 1. The number of anilines is 1. The first-order chi connectivity index (χ1) is 10.5. The Bertz CT molecular complexity index is 765. The van der Waals surface area contributed by atoms with Crippen LogP contribution in [0.4, 0.5) is 5.69 Å². The smallest absolute Gasteiger partial charge is 0.337 e. The van der Waals surface area contributed by atoms with E-state index >= 15 is 0 Å². The van der Waals surface area contributed by atoms with E-state index in [1.807, 2.05) is 0 Å². The maximum Gasteiger partial charge on any atom is 0.337 e. The van der Waals surface area contributed by atoms with Gasteiger partial charge in [0, 0.05) is 11.6 Å². The van der Waals surface area contributed by atoms with Crippen LogP contribution >= 0.6 is 11.6 Å². The van der Waals surface area contributed by atoms with Crippen molar-refractivity contribution >= 4 is 29.2 Å². The van der Waals surface area contributed by atoms with Gasteiger partial charge in [-0.25, -0.2) is 9.78 Å². The monoisotopic (exact) mass is 320 g/mol. The van der Waals surface area contributed by atoms with Gasteiger partial charge in [-0.3, -0.25) is 4.79 Å². The first kappa shape index (κ1) is 14.6. The Hall–Kier alpha value is -2.34. The van der Waals surface area contributed by atoms with Crippen LogP contribution in [-0.2, 0) is 0 Å². The summed E-state index contributed by atoms with van der Waals surface area (Å²) in [7, 11) is 0. The third-order valence-corrected chi connectivity index (χ3v) is 3.72. The molecular formula is C15H13ClN2O4. The van der Waals surface area contributed by atoms with E-state index in [2.05, 4.69) is 10.3 Å². The van der Waals surface area contributed by atoms with E-state index in [4.69, 9.17) is 21.1 Å². The molecule has 0 bridgehead atoms. The molecule has 6 nitrogen and oxygen atoms in total. The van der Waals surface area contributed by atoms with E-state index in [0.717, 1.165) is 12.8 Å². The Kier molecular flexibility index (Phi) is 3.62. The van der Waals surface area contributed by atoms with E-state index in [-0.39, 0.29) is 16.3 Å². The molecule has 1 aliphatic carbocycles. The minimum Gasteiger partial charge on any atom is -0.478 e. The quantitative estimate of drug-likeness (QED) is 0.899. The summed E-state index contributed by atoms with van der Waals surface area (Å²) in [5.41, 5.74) is 0.906. The normalized spacial score (nSPS) is 13.9. The SMILES string of the molecule is Cc1nc(C2CC2)oc1C(=O)Nc1ccc(C(=O)O)c(Cl)c1. The average molecular weight is 321 g/mol. The number of hydrogen-bond donors (Lipinski definition) is 2. The Balaban J connectivity index is 1.79. The van der Waals surface area contributed by atoms with Gasteiger partial charge in [0.05, 0.1) is 16.3 Å². The van der Waals surface area contributed by atoms with Crippen LogP contribution in [0.25, 0.3) is 0 Å². The van der Waals surface area contributed by atoms with Gasteiger partial charge in [-0.2, -0.15) is 0 Å². The number of nitrogens with zero attached hydrogens (tertiary/aromatic N) is 1. The minimum atomic E-state index is -1.12. The highest BCUT2D eigenvalue weighted by Gasteiger charge is 2.30. The van der Waals surface area contributed by atoms with Gasteiger partial charge >= 0.3 is 5.97 Å². The van der Waals surface area contributed by atoms with Crippen molar-refractivity contribution in [3.63, 3.8) is 0 Å². The lowest BCUT2D eigenvalue weighted by atomic mass is 10.2. The second-order valence-electron chi connectivity index (χ2n) is 5.19. The molecule has 0 aliphatic heterocycles. The second-order valence-corrected chi connectivity index (χ2v) is 5.60. The van der Waals surface area contributed by atoms with Crippen LogP contribution in [0.15, 0.2) is 22.6 Å². The van der Waals surface area contributed by atoms with E-state index in [0.29, 0.717) is 23.2 Å². The number of carboxylic acids is 1. The molecule has 0 saturated heterocycles. The zero-order chi connectivity index (χ0) is 15.9. The summed E-state index contributed by atoms with van der Waals surface area (Å²) >= 11 is 5.87. The molecule has 7 heteroatoms. The van der Waals surface area contributed by atoms with Crippen molar-refractivity contribution in [1.82, 2.24) is 4.98 Å². The number of rotatable bonds is 4. The molecular weight excluding hydrogens is 308 g/mol. The zero-order valence-electron chi connectivity index (χ0n) is 11.7. The Labute approximate surface area is 131 Å². The highest BCUT2D eigenvalue weighted by Crippen LogP contribution is 2.40. The van der Waals surface area contributed by atoms with Gasteiger partial charge in [0.1, 0.15) is 0 Å². The number of nitrogens with one attached hydrogen (secondary N) is 1. The fourth-order valence-electron chi connectivity index (χ4n) is 2.09. The molecule has 22 heavy (non-hydrogen) atoms. The number of carbonyl (C=O) groups excluding carboxylic acids is 1. The molecule has 1 amide bonds. The molecule has 2 N–H and O–H groups in total. The molecule has 2 aromatic rings. The predicted molar refractivity (Wildman–Crippen MR) is 79.6 cm³/mol. The van der Waals surface area contributed by atoms with Crippen molar-refractivity contribution in [2.24, 2.45) is 0 Å². The number of aromatic carboxylic acids is 1. The van der Waals surface area contributed by atoms with Gasteiger partial charge in [0.15, 0.2) is 5.89 Å². The third kappa shape index (κ3) is 2.82. The summed E-state index contributed by atoms with van der Waals surface area (Å²) in [6, 6.07) is 4.19. The molecule has 1 heterocycles. The van der Waals surface area contributed by atoms with Crippen molar-refractivity contribution in [3.8, 4) is 0 Å². The van der Waals surface area contributed by atoms with Gasteiger partial charge < -0.3 is 14.8 Å². The van der Waals surface area contributed by atoms with Crippen LogP contribution < -0.4 is 5.32 Å². The fraction of sp³-hybridized carbons (Fsp3) is 0.267. The molecule has 114 valence electrons. The van der Waals surface area contributed by atoms with Crippen molar-refractivity contribution < 1.29 is 19.1 Å². The Morgan fingerprint density at radius 2 is 2.14 bits per heavy atom. The predicted octanol–water partition coefficient (Wildman–Crippen LogP) is 3.46. The molecule has 1 aromatic heterocycles. The average Bonchev–Trinajstić information content (AvgIpc) is 3.21. The van der Waals surface area contributed by atoms with Crippen molar-refractivity contribution in [2.45, 2.75) is 25.7 Å². The van der Waals surface area contributed by atoms with Crippen molar-refractivity contribution in [1.29, 1.82) is 0 Å². The third-order valence-electron chi connectivity index (χ3n) is 3.40. The zero-order valence-corrected chi connectivity index (χ0v) is 12.5. The van der Waals surface area contributed by atoms with Gasteiger partial charge in [-0.05, 0) is 38.0 Å². The molecule has 0 unspecified atom stereocenters. The molecule has 1 fully saturated rings. The van der Waals surface area contributed by atoms with Gasteiger partial charge in [0.2, 0.25) is 5.76 Å². The number of hydrogen-bond acceptors (Lipinski definition) is 4. The van der Waals surface area contributed by atoms with Gasteiger partial charge in [-0.1, -0.05) is 11.6 Å². The lowest BCUT2D eigenvalue weighted by Gasteiger charge is -2.05. The van der Waals surface area contributed by atoms with E-state index < -0.39 is 11.9 Å². The van der Waals surface area contributed by atoms with E-state index in [1.54, 1.807) is 6.92 Å². The molecule has 1 saturated carbocycles. The summed E-state index contributed by atoms with van der Waals surface area (Å²) in [6.07, 6.45) is 2.07. The lowest BCUT2D eigenvalue weighted by molar-refractivity contribution is 0.0697. The number of aryl methyl sites for hydroxylation is 1. The number of amides is 1. The highest BCUT2D eigenvalue weighted by atomic mass is 35.5. The topological polar surface area (TPSA) is 92.4 Å². The van der Waals surface area contributed by atoms with Gasteiger partial charge in [0.25, 0.3) is 5.91 Å². The summed E-state index contributed by atoms with van der Waals surface area (Å²) < 4.78 is 5.51. The first-order valence-electron chi connectivity index (χ1n) is 6.77. The van der Waals surface area contributed by atoms with Crippen molar-refractivity contribution in [3.05, 3.63) is 46.1 Å². The molecule has 0 radical (unpaired) electrons. The van der Waals surface area contributed by atoms with Gasteiger partial charge in [-0.15, -0.1) is 0 Å². The molecule has 0 atom stereocenters. The Morgan fingerprint density at radius 1 is 1.41 bits per heavy atom. The summed E-state index contributed by atoms with van der Waals surface area (Å²) in [4.78, 5) is 27.4. The summed E-state index contributed by atoms with van der Waals surface area (Å²) in [5.74, 6) is -0.467. The largest absolute Gasteiger partial charge is 0.478 e. The minimum absolute atomic E-state index is 0.0217. The van der Waals surface area contributed by atoms with Crippen molar-refractivity contribution in [2.75, 3.05) is 5.32 Å². The van der Waals surface area contributed by atoms with Crippen LogP contribution in [-0.4, -0.2) is 22.0 Å². The molecule has 0 spiro atoms. The number of oxazole rings is 1. The lowest BCUT2D eigenvalue weighted by Crippen LogP contribution is -2.12. The molecule has 1 aromatic carbocycles. The molecule has 1 aliphatic rings. The van der Waals surface area contributed by atoms with Crippen LogP contribution in [0.3, 0.4) is 0 Å². The summed E-state index contributed by atoms with van der Waals surface area (Å²) in [6.45, 7) is 1.71. The van der Waals surface area contributed by atoms with Crippen LogP contribution in [0.2, 0.25) is 5.02 Å². The second kappa shape index (κ2) is 5.46. The number of benzene rings is 1. The fourth-order valence-corrected chi connectivity index (χ4v) is 2.35. The number of halogens is 1. The Morgan fingerprint density at radius 3 is 2.73 bits per heavy atom. The van der Waals surface area contributed by atoms with E-state index in [1.165, 1.54) is 18.2 Å². The standard InChI is InChI=1S/C15H13ClN2O4/c1-7-12(22-14(17-7)8-2-3-8)13(19)18-9-4-5-10(15(20)21)11(16)6-9/h4-6,8H,2-3H2,1H3,(H,18,19)(H,20,21). The number of carboxylic acid groups (broad SMARTS) is 1. The summed E-state index contributed by atoms with van der Waals surface area (Å²) in [5, 5.41) is 11.6. The van der Waals surface area contributed by atoms with E-state index in [9.17, 15) is 9.59 Å². The maximum atomic E-state index is 12.2. The van der Waals surface area contributed by atoms with Crippen LogP contribution in [0.5, 0.6) is 0 Å². The highest BCUT2D eigenvalue weighted by molar-refractivity contribution is 6.33. The first-order valence-corrected chi connectivity index (χ1v) is 7.15. The van der Waals surface area contributed by atoms with Crippen LogP contribution in [0, 0.1) is 6.92 Å². The maximum absolute atomic E-state index is 12.2. The van der Waals surface area contributed by atoms with Crippen LogP contribution in [0.1, 0.15) is 51.3 Å². The molecule has 3 rings (SSSR count). The number of carbonyl (C=O) groups is 2.